The number of hydrogen-bond donors (Lipinski definition) is 0. The molecule has 0 unspecified atom stereocenters. The van der Waals surface area contributed by atoms with E-state index in [2.05, 4.69) is 56.8 Å². The van der Waals surface area contributed by atoms with Gasteiger partial charge in [-0.05, 0) is 31.2 Å². The lowest BCUT2D eigenvalue weighted by molar-refractivity contribution is 0.579. The summed E-state index contributed by atoms with van der Waals surface area (Å²) in [5.74, 6) is 0.917. The fourth-order valence-electron chi connectivity index (χ4n) is 3.13. The van der Waals surface area contributed by atoms with Gasteiger partial charge in [0.25, 0.3) is 0 Å². The molecule has 132 valence electrons. The van der Waals surface area contributed by atoms with E-state index < -0.39 is 0 Å². The molecule has 4 heteroatoms. The summed E-state index contributed by atoms with van der Waals surface area (Å²) in [5, 5.41) is 0. The predicted octanol–water partition coefficient (Wildman–Crippen LogP) is 4.97. The second kappa shape index (κ2) is 9.30. The third kappa shape index (κ3) is 5.12. The van der Waals surface area contributed by atoms with E-state index in [4.69, 9.17) is 0 Å². The lowest BCUT2D eigenvalue weighted by Gasteiger charge is -2.05. The molecule has 1 aromatic carbocycles. The van der Waals surface area contributed by atoms with Crippen molar-refractivity contribution < 1.29 is 0 Å². The van der Waals surface area contributed by atoms with Crippen LogP contribution in [-0.2, 0) is 19.4 Å². The van der Waals surface area contributed by atoms with Gasteiger partial charge in [-0.15, -0.1) is 0 Å². The predicted molar refractivity (Wildman–Crippen MR) is 103 cm³/mol. The molecule has 0 atom stereocenters. The van der Waals surface area contributed by atoms with Crippen LogP contribution in [0.2, 0.25) is 0 Å². The van der Waals surface area contributed by atoms with E-state index in [1.54, 1.807) is 0 Å². The molecule has 3 aromatic rings. The highest BCUT2D eigenvalue weighted by Crippen LogP contribution is 2.13. The Labute approximate surface area is 150 Å². The molecule has 0 N–H and O–H groups in total. The van der Waals surface area contributed by atoms with Gasteiger partial charge < -0.3 is 4.57 Å². The zero-order valence-corrected chi connectivity index (χ0v) is 15.2. The van der Waals surface area contributed by atoms with Crippen molar-refractivity contribution in [3.8, 4) is 0 Å². The molecular weight excluding hydrogens is 308 g/mol. The number of fused-ring (bicyclic) bond motifs is 1. The molecule has 0 saturated heterocycles. The maximum Gasteiger partial charge on any atom is 0.181 e. The lowest BCUT2D eigenvalue weighted by atomic mass is 10.1. The average molecular weight is 336 g/mol. The van der Waals surface area contributed by atoms with Crippen molar-refractivity contribution in [3.05, 3.63) is 54.2 Å². The summed E-state index contributed by atoms with van der Waals surface area (Å²) < 4.78 is 2.19. The summed E-state index contributed by atoms with van der Waals surface area (Å²) in [4.78, 5) is 13.5. The molecule has 0 saturated carbocycles. The quantitative estimate of drug-likeness (QED) is 0.491. The maximum absolute atomic E-state index is 4.58. The Kier molecular flexibility index (Phi) is 6.55. The van der Waals surface area contributed by atoms with E-state index in [1.807, 2.05) is 12.5 Å². The van der Waals surface area contributed by atoms with Crippen LogP contribution in [0.15, 0.2) is 42.9 Å². The minimum Gasteiger partial charge on any atom is -0.328 e. The van der Waals surface area contributed by atoms with Crippen LogP contribution in [0.4, 0.5) is 0 Å². The molecule has 0 aliphatic carbocycles. The molecule has 0 radical (unpaired) electrons. The van der Waals surface area contributed by atoms with E-state index in [0.717, 1.165) is 36.4 Å². The number of hydrogen-bond acceptors (Lipinski definition) is 3. The van der Waals surface area contributed by atoms with Gasteiger partial charge in [0.1, 0.15) is 11.3 Å². The first-order chi connectivity index (χ1) is 12.4. The summed E-state index contributed by atoms with van der Waals surface area (Å²) in [5.41, 5.74) is 3.34. The Morgan fingerprint density at radius 2 is 1.72 bits per heavy atom. The number of aryl methyl sites for hydroxylation is 3. The summed E-state index contributed by atoms with van der Waals surface area (Å²) in [6, 6.07) is 10.7. The Balaban J connectivity index is 1.42. The van der Waals surface area contributed by atoms with Crippen LogP contribution in [0.3, 0.4) is 0 Å². The second-order valence-corrected chi connectivity index (χ2v) is 6.69. The van der Waals surface area contributed by atoms with Gasteiger partial charge in [-0.25, -0.2) is 15.0 Å². The third-order valence-electron chi connectivity index (χ3n) is 4.64. The average Bonchev–Trinajstić information content (AvgIpc) is 3.06. The summed E-state index contributed by atoms with van der Waals surface area (Å²) in [7, 11) is 0. The normalized spacial score (nSPS) is 11.2. The Morgan fingerprint density at radius 3 is 2.56 bits per heavy atom. The van der Waals surface area contributed by atoms with Crippen molar-refractivity contribution in [1.82, 2.24) is 19.5 Å². The Morgan fingerprint density at radius 1 is 0.880 bits per heavy atom. The number of nitrogens with zero attached hydrogens (tertiary/aromatic N) is 4. The molecule has 0 aliphatic heterocycles. The van der Waals surface area contributed by atoms with Crippen LogP contribution >= 0.6 is 0 Å². The van der Waals surface area contributed by atoms with Crippen LogP contribution in [-0.4, -0.2) is 19.5 Å². The van der Waals surface area contributed by atoms with E-state index in [1.165, 1.54) is 44.1 Å². The van der Waals surface area contributed by atoms with Gasteiger partial charge in [-0.1, -0.05) is 56.5 Å². The van der Waals surface area contributed by atoms with Crippen molar-refractivity contribution in [2.45, 2.75) is 64.8 Å². The van der Waals surface area contributed by atoms with Gasteiger partial charge in [-0.2, -0.15) is 0 Å². The molecule has 4 nitrogen and oxygen atoms in total. The zero-order chi connectivity index (χ0) is 17.3. The summed E-state index contributed by atoms with van der Waals surface area (Å²) >= 11 is 0. The Hall–Kier alpha value is -2.23. The van der Waals surface area contributed by atoms with Gasteiger partial charge in [0, 0.05) is 13.0 Å². The van der Waals surface area contributed by atoms with Crippen molar-refractivity contribution >= 4 is 11.2 Å². The van der Waals surface area contributed by atoms with Crippen LogP contribution < -0.4 is 0 Å². The van der Waals surface area contributed by atoms with Gasteiger partial charge in [0.15, 0.2) is 5.65 Å². The van der Waals surface area contributed by atoms with E-state index >= 15 is 0 Å². The fourth-order valence-corrected chi connectivity index (χ4v) is 3.13. The number of imidazole rings is 1. The second-order valence-electron chi connectivity index (χ2n) is 6.69. The molecule has 0 spiro atoms. The number of unbranched alkanes of at least 4 members (excludes halogenated alkanes) is 4. The minimum absolute atomic E-state index is 0.838. The first-order valence-corrected chi connectivity index (χ1v) is 9.57. The first-order valence-electron chi connectivity index (χ1n) is 9.57. The number of aromatic nitrogens is 4. The largest absolute Gasteiger partial charge is 0.328 e. The highest BCUT2D eigenvalue weighted by molar-refractivity contribution is 5.69. The van der Waals surface area contributed by atoms with Crippen molar-refractivity contribution in [2.75, 3.05) is 0 Å². The highest BCUT2D eigenvalue weighted by Gasteiger charge is 2.06. The SMILES string of the molecule is CCCCc1ncc2c(ncn2CCCCCCc2ccccc2)n1. The zero-order valence-electron chi connectivity index (χ0n) is 15.2. The fraction of sp³-hybridized carbons (Fsp3) is 0.476. The van der Waals surface area contributed by atoms with Gasteiger partial charge in [0.05, 0.1) is 12.5 Å². The summed E-state index contributed by atoms with van der Waals surface area (Å²) in [6.45, 7) is 3.19. The highest BCUT2D eigenvalue weighted by atomic mass is 15.1. The van der Waals surface area contributed by atoms with Crippen LogP contribution in [0.1, 0.15) is 56.8 Å². The molecule has 3 rings (SSSR count). The van der Waals surface area contributed by atoms with E-state index in [0.29, 0.717) is 0 Å². The molecule has 25 heavy (non-hydrogen) atoms. The molecule has 0 amide bonds. The number of rotatable bonds is 10. The maximum atomic E-state index is 4.58. The Bertz CT molecular complexity index is 764. The molecule has 0 aliphatic rings. The number of benzene rings is 1. The van der Waals surface area contributed by atoms with Crippen LogP contribution in [0, 0.1) is 0 Å². The molecule has 2 aromatic heterocycles. The van der Waals surface area contributed by atoms with E-state index in [9.17, 15) is 0 Å². The van der Waals surface area contributed by atoms with Gasteiger partial charge >= 0.3 is 0 Å². The smallest absolute Gasteiger partial charge is 0.181 e. The van der Waals surface area contributed by atoms with Crippen LogP contribution in [0.25, 0.3) is 11.2 Å². The molecule has 0 fully saturated rings. The van der Waals surface area contributed by atoms with Crippen molar-refractivity contribution in [3.63, 3.8) is 0 Å². The standard InChI is InChI=1S/C21H28N4/c1-2-3-14-20-22-16-19-21(24-20)23-17-25(19)15-10-5-4-7-11-18-12-8-6-9-13-18/h6,8-9,12-13,16-17H,2-5,7,10-11,14-15H2,1H3. The molecule has 2 heterocycles. The van der Waals surface area contributed by atoms with Crippen LogP contribution in [0.5, 0.6) is 0 Å². The third-order valence-corrected chi connectivity index (χ3v) is 4.64. The molecule has 0 bridgehead atoms. The monoisotopic (exact) mass is 336 g/mol. The minimum atomic E-state index is 0.838. The first kappa shape index (κ1) is 17.6. The van der Waals surface area contributed by atoms with E-state index in [-0.39, 0.29) is 0 Å². The molecular formula is C21H28N4. The van der Waals surface area contributed by atoms with Crippen molar-refractivity contribution in [2.24, 2.45) is 0 Å². The summed E-state index contributed by atoms with van der Waals surface area (Å²) in [6.07, 6.45) is 13.2. The topological polar surface area (TPSA) is 43.6 Å². The van der Waals surface area contributed by atoms with Gasteiger partial charge in [0.2, 0.25) is 0 Å². The van der Waals surface area contributed by atoms with Gasteiger partial charge in [-0.3, -0.25) is 0 Å². The van der Waals surface area contributed by atoms with Crippen molar-refractivity contribution in [1.29, 1.82) is 0 Å². The lowest BCUT2D eigenvalue weighted by Crippen LogP contribution is -1.99.